The second-order valence-corrected chi connectivity index (χ2v) is 5.66. The average Bonchev–Trinajstić information content (AvgIpc) is 3.04. The summed E-state index contributed by atoms with van der Waals surface area (Å²) in [4.78, 5) is 11.8. The maximum atomic E-state index is 11.8. The van der Waals surface area contributed by atoms with Crippen molar-refractivity contribution in [3.05, 3.63) is 29.3 Å². The van der Waals surface area contributed by atoms with E-state index in [0.717, 1.165) is 29.9 Å². The topological polar surface area (TPSA) is 68.8 Å². The van der Waals surface area contributed by atoms with E-state index in [1.807, 2.05) is 25.1 Å². The van der Waals surface area contributed by atoms with Crippen LogP contribution in [0.15, 0.2) is 18.2 Å². The van der Waals surface area contributed by atoms with E-state index < -0.39 is 0 Å². The third-order valence-electron chi connectivity index (χ3n) is 3.65. The first kappa shape index (κ1) is 20.7. The minimum absolute atomic E-state index is 0. The van der Waals surface area contributed by atoms with Crippen LogP contribution in [-0.4, -0.2) is 52.0 Å². The number of methoxy groups -OCH3 is 1. The van der Waals surface area contributed by atoms with Gasteiger partial charge in [0.15, 0.2) is 0 Å². The van der Waals surface area contributed by atoms with Crippen LogP contribution < -0.4 is 15.4 Å². The van der Waals surface area contributed by atoms with Crippen molar-refractivity contribution in [2.75, 3.05) is 40.0 Å². The summed E-state index contributed by atoms with van der Waals surface area (Å²) in [5.74, 6) is 0.782. The Kier molecular flexibility index (Phi) is 9.71. The molecule has 0 spiro atoms. The highest BCUT2D eigenvalue weighted by Gasteiger charge is 2.18. The Labute approximate surface area is 149 Å². The number of aryl methyl sites for hydroxylation is 1. The first-order valence-corrected chi connectivity index (χ1v) is 7.99. The summed E-state index contributed by atoms with van der Waals surface area (Å²) < 4.78 is 16.3. The molecule has 0 aliphatic carbocycles. The number of ether oxygens (including phenoxy) is 3. The second-order valence-electron chi connectivity index (χ2n) is 5.66. The van der Waals surface area contributed by atoms with E-state index in [-0.39, 0.29) is 31.0 Å². The Hall–Kier alpha value is -1.34. The minimum atomic E-state index is -0.0446. The molecule has 1 saturated heterocycles. The first-order valence-electron chi connectivity index (χ1n) is 7.99. The molecule has 2 N–H and O–H groups in total. The average molecular weight is 359 g/mol. The number of rotatable bonds is 9. The van der Waals surface area contributed by atoms with E-state index in [2.05, 4.69) is 10.6 Å². The van der Waals surface area contributed by atoms with Gasteiger partial charge in [0, 0.05) is 32.2 Å². The standard InChI is InChI=1S/C17H26N2O4.ClH/c1-13-3-4-14(10-19-17(20)11-18-6-8-21-2)16(9-13)23-15-5-7-22-12-15;/h3-4,9,15,18H,5-8,10-12H2,1-2H3,(H,19,20);1H. The van der Waals surface area contributed by atoms with Crippen LogP contribution in [0.4, 0.5) is 0 Å². The Morgan fingerprint density at radius 2 is 2.25 bits per heavy atom. The molecule has 1 unspecified atom stereocenters. The lowest BCUT2D eigenvalue weighted by Crippen LogP contribution is -2.35. The van der Waals surface area contributed by atoms with Gasteiger partial charge in [-0.1, -0.05) is 12.1 Å². The Balaban J connectivity index is 0.00000288. The van der Waals surface area contributed by atoms with Gasteiger partial charge in [0.2, 0.25) is 5.91 Å². The van der Waals surface area contributed by atoms with E-state index >= 15 is 0 Å². The number of nitrogens with one attached hydrogen (secondary N) is 2. The summed E-state index contributed by atoms with van der Waals surface area (Å²) in [6.07, 6.45) is 1.00. The molecule has 2 rings (SSSR count). The SMILES string of the molecule is COCCNCC(=O)NCc1ccc(C)cc1OC1CCOC1.Cl. The molecular formula is C17H27ClN2O4. The third kappa shape index (κ3) is 7.05. The van der Waals surface area contributed by atoms with Crippen molar-refractivity contribution in [2.24, 2.45) is 0 Å². The van der Waals surface area contributed by atoms with Gasteiger partial charge in [-0.25, -0.2) is 0 Å². The van der Waals surface area contributed by atoms with E-state index in [0.29, 0.717) is 26.3 Å². The molecule has 1 aliphatic rings. The summed E-state index contributed by atoms with van der Waals surface area (Å²) in [7, 11) is 1.63. The molecule has 24 heavy (non-hydrogen) atoms. The van der Waals surface area contributed by atoms with Gasteiger partial charge in [0.1, 0.15) is 11.9 Å². The Morgan fingerprint density at radius 3 is 2.96 bits per heavy atom. The van der Waals surface area contributed by atoms with Gasteiger partial charge in [-0.2, -0.15) is 0 Å². The van der Waals surface area contributed by atoms with Gasteiger partial charge in [-0.3, -0.25) is 4.79 Å². The zero-order chi connectivity index (χ0) is 16.5. The fraction of sp³-hybridized carbons (Fsp3) is 0.588. The van der Waals surface area contributed by atoms with Crippen molar-refractivity contribution in [1.29, 1.82) is 0 Å². The molecule has 1 fully saturated rings. The predicted molar refractivity (Wildman–Crippen MR) is 94.9 cm³/mol. The quantitative estimate of drug-likeness (QED) is 0.654. The fourth-order valence-electron chi connectivity index (χ4n) is 2.34. The largest absolute Gasteiger partial charge is 0.488 e. The molecule has 0 aromatic heterocycles. The molecule has 6 nitrogen and oxygen atoms in total. The number of halogens is 1. The zero-order valence-electron chi connectivity index (χ0n) is 14.3. The number of amides is 1. The van der Waals surface area contributed by atoms with Gasteiger partial charge in [0.25, 0.3) is 0 Å². The van der Waals surface area contributed by atoms with Crippen molar-refractivity contribution >= 4 is 18.3 Å². The van der Waals surface area contributed by atoms with E-state index in [1.54, 1.807) is 7.11 Å². The normalized spacial score (nSPS) is 16.5. The summed E-state index contributed by atoms with van der Waals surface area (Å²) in [5.41, 5.74) is 2.11. The number of carbonyl (C=O) groups excluding carboxylic acids is 1. The molecule has 7 heteroatoms. The lowest BCUT2D eigenvalue weighted by molar-refractivity contribution is -0.120. The molecule has 1 heterocycles. The van der Waals surface area contributed by atoms with Gasteiger partial charge in [0.05, 0.1) is 26.4 Å². The lowest BCUT2D eigenvalue weighted by Gasteiger charge is -2.17. The van der Waals surface area contributed by atoms with E-state index in [1.165, 1.54) is 0 Å². The number of hydrogen-bond acceptors (Lipinski definition) is 5. The van der Waals surface area contributed by atoms with Crippen LogP contribution in [0.3, 0.4) is 0 Å². The van der Waals surface area contributed by atoms with Crippen molar-refractivity contribution in [1.82, 2.24) is 10.6 Å². The van der Waals surface area contributed by atoms with Crippen LogP contribution in [0, 0.1) is 6.92 Å². The summed E-state index contributed by atoms with van der Waals surface area (Å²) in [6, 6.07) is 6.03. The summed E-state index contributed by atoms with van der Waals surface area (Å²) in [6.45, 7) is 5.38. The molecule has 1 aliphatic heterocycles. The van der Waals surface area contributed by atoms with Crippen molar-refractivity contribution in [2.45, 2.75) is 26.0 Å². The molecule has 0 radical (unpaired) electrons. The molecule has 1 aromatic rings. The highest BCUT2D eigenvalue weighted by molar-refractivity contribution is 5.85. The highest BCUT2D eigenvalue weighted by atomic mass is 35.5. The molecule has 0 saturated carbocycles. The van der Waals surface area contributed by atoms with Gasteiger partial charge in [-0.15, -0.1) is 12.4 Å². The molecule has 0 bridgehead atoms. The minimum Gasteiger partial charge on any atom is -0.488 e. The van der Waals surface area contributed by atoms with E-state index in [4.69, 9.17) is 14.2 Å². The predicted octanol–water partition coefficient (Wildman–Crippen LogP) is 1.44. The third-order valence-corrected chi connectivity index (χ3v) is 3.65. The maximum Gasteiger partial charge on any atom is 0.234 e. The van der Waals surface area contributed by atoms with Crippen LogP contribution in [0.25, 0.3) is 0 Å². The van der Waals surface area contributed by atoms with Crippen LogP contribution >= 0.6 is 12.4 Å². The Morgan fingerprint density at radius 1 is 1.42 bits per heavy atom. The number of hydrogen-bond donors (Lipinski definition) is 2. The highest BCUT2D eigenvalue weighted by Crippen LogP contribution is 2.23. The van der Waals surface area contributed by atoms with Gasteiger partial charge >= 0.3 is 0 Å². The number of carbonyl (C=O) groups is 1. The second kappa shape index (κ2) is 11.3. The number of benzene rings is 1. The fourth-order valence-corrected chi connectivity index (χ4v) is 2.34. The maximum absolute atomic E-state index is 11.8. The molecule has 136 valence electrons. The van der Waals surface area contributed by atoms with Crippen LogP contribution in [0.5, 0.6) is 5.75 Å². The van der Waals surface area contributed by atoms with Crippen LogP contribution in [-0.2, 0) is 20.8 Å². The van der Waals surface area contributed by atoms with Crippen LogP contribution in [0.2, 0.25) is 0 Å². The molecule has 1 aromatic carbocycles. The smallest absolute Gasteiger partial charge is 0.234 e. The summed E-state index contributed by atoms with van der Waals surface area (Å²) in [5, 5.41) is 5.93. The van der Waals surface area contributed by atoms with E-state index in [9.17, 15) is 4.79 Å². The monoisotopic (exact) mass is 358 g/mol. The first-order chi connectivity index (χ1) is 11.2. The molecule has 1 amide bonds. The van der Waals surface area contributed by atoms with Gasteiger partial charge in [-0.05, 0) is 18.6 Å². The van der Waals surface area contributed by atoms with Gasteiger partial charge < -0.3 is 24.8 Å². The summed E-state index contributed by atoms with van der Waals surface area (Å²) >= 11 is 0. The van der Waals surface area contributed by atoms with Crippen molar-refractivity contribution in [3.8, 4) is 5.75 Å². The molecule has 1 atom stereocenters. The van der Waals surface area contributed by atoms with Crippen molar-refractivity contribution in [3.63, 3.8) is 0 Å². The van der Waals surface area contributed by atoms with Crippen molar-refractivity contribution < 1.29 is 19.0 Å². The molecular weight excluding hydrogens is 332 g/mol. The lowest BCUT2D eigenvalue weighted by atomic mass is 10.1. The zero-order valence-corrected chi connectivity index (χ0v) is 15.1. The van der Waals surface area contributed by atoms with Crippen LogP contribution in [0.1, 0.15) is 17.5 Å². The Bertz CT molecular complexity index is 507.